The number of fused-ring (bicyclic) bond motifs is 3. The Balaban J connectivity index is 1.88. The number of hydrogen-bond acceptors (Lipinski definition) is 4. The van der Waals surface area contributed by atoms with Gasteiger partial charge in [-0.15, -0.1) is 0 Å². The molecule has 5 nitrogen and oxygen atoms in total. The van der Waals surface area contributed by atoms with Crippen molar-refractivity contribution in [2.75, 3.05) is 13.1 Å². The second-order valence-electron chi connectivity index (χ2n) is 7.87. The lowest BCUT2D eigenvalue weighted by atomic mass is 9.66. The number of hydrogen-bond donors (Lipinski definition) is 1. The molecule has 1 N–H and O–H groups in total. The van der Waals surface area contributed by atoms with Crippen molar-refractivity contribution in [2.45, 2.75) is 45.1 Å². The molecule has 0 fully saturated rings. The number of aromatic nitrogens is 1. The quantitative estimate of drug-likeness (QED) is 0.513. The lowest BCUT2D eigenvalue weighted by molar-refractivity contribution is -0.277. The van der Waals surface area contributed by atoms with Crippen LogP contribution in [0.1, 0.15) is 44.0 Å². The number of benzene rings is 1. The van der Waals surface area contributed by atoms with E-state index >= 15 is 0 Å². The van der Waals surface area contributed by atoms with Crippen molar-refractivity contribution >= 4 is 16.9 Å². The second kappa shape index (κ2) is 5.21. The molecule has 4 heterocycles. The topological polar surface area (TPSA) is 54.7 Å². The van der Waals surface area contributed by atoms with Gasteiger partial charge in [0.15, 0.2) is 0 Å². The van der Waals surface area contributed by atoms with Crippen molar-refractivity contribution in [3.8, 4) is 0 Å². The zero-order valence-electron chi connectivity index (χ0n) is 15.2. The molecule has 136 valence electrons. The maximum Gasteiger partial charge on any atom is 0.306 e. The summed E-state index contributed by atoms with van der Waals surface area (Å²) in [7, 11) is 0. The van der Waals surface area contributed by atoms with Gasteiger partial charge in [0.05, 0.1) is 11.6 Å². The Morgan fingerprint density at radius 2 is 2.19 bits per heavy atom. The van der Waals surface area contributed by atoms with Crippen LogP contribution in [0, 0.1) is 5.41 Å². The Bertz CT molecular complexity index is 946. The third kappa shape index (κ3) is 1.90. The Hall–Kier alpha value is -2.11. The Kier molecular flexibility index (Phi) is 3.22. The highest BCUT2D eigenvalue weighted by molar-refractivity contribution is 5.87. The monoisotopic (exact) mass is 352 g/mol. The van der Waals surface area contributed by atoms with Gasteiger partial charge in [-0.1, -0.05) is 37.3 Å². The van der Waals surface area contributed by atoms with Gasteiger partial charge in [0.1, 0.15) is 0 Å². The van der Waals surface area contributed by atoms with E-state index in [1.165, 1.54) is 12.5 Å². The third-order valence-electron chi connectivity index (χ3n) is 6.50. The largest absolute Gasteiger partial charge is 0.414 e. The minimum Gasteiger partial charge on any atom is -0.414 e. The van der Waals surface area contributed by atoms with E-state index in [1.807, 2.05) is 22.8 Å². The molecule has 5 heteroatoms. The van der Waals surface area contributed by atoms with Crippen LogP contribution in [0.15, 0.2) is 36.4 Å². The van der Waals surface area contributed by atoms with E-state index in [2.05, 4.69) is 30.0 Å². The third-order valence-corrected chi connectivity index (χ3v) is 6.50. The lowest BCUT2D eigenvalue weighted by Crippen LogP contribution is -2.57. The van der Waals surface area contributed by atoms with E-state index in [4.69, 9.17) is 4.74 Å². The Morgan fingerprint density at radius 1 is 1.38 bits per heavy atom. The normalized spacial score (nSPS) is 32.5. The molecule has 0 amide bonds. The van der Waals surface area contributed by atoms with Crippen molar-refractivity contribution in [3.63, 3.8) is 0 Å². The molecule has 26 heavy (non-hydrogen) atoms. The molecule has 3 aliphatic heterocycles. The summed E-state index contributed by atoms with van der Waals surface area (Å²) in [6.07, 6.45) is 6.66. The van der Waals surface area contributed by atoms with E-state index in [0.29, 0.717) is 6.42 Å². The first-order valence-corrected chi connectivity index (χ1v) is 9.45. The van der Waals surface area contributed by atoms with E-state index in [0.717, 1.165) is 42.5 Å². The number of para-hydroxylation sites is 1. The summed E-state index contributed by atoms with van der Waals surface area (Å²) in [5.41, 5.74) is 3.13. The minimum atomic E-state index is -1.66. The van der Waals surface area contributed by atoms with Crippen LogP contribution in [0.4, 0.5) is 0 Å². The number of carbonyl (C=O) groups is 1. The van der Waals surface area contributed by atoms with Crippen LogP contribution in [0.2, 0.25) is 0 Å². The predicted octanol–water partition coefficient (Wildman–Crippen LogP) is 3.08. The summed E-state index contributed by atoms with van der Waals surface area (Å²) in [4.78, 5) is 14.4. The van der Waals surface area contributed by atoms with Gasteiger partial charge in [-0.25, -0.2) is 0 Å². The number of nitrogens with zero attached hydrogens (tertiary/aromatic N) is 2. The molecule has 0 bridgehead atoms. The fourth-order valence-electron chi connectivity index (χ4n) is 5.57. The van der Waals surface area contributed by atoms with Gasteiger partial charge < -0.3 is 9.84 Å². The average molecular weight is 352 g/mol. The first-order chi connectivity index (χ1) is 12.5. The molecule has 1 aromatic carbocycles. The predicted molar refractivity (Wildman–Crippen MR) is 98.4 cm³/mol. The van der Waals surface area contributed by atoms with Crippen LogP contribution in [0.5, 0.6) is 0 Å². The average Bonchev–Trinajstić information content (AvgIpc) is 2.96. The SMILES string of the molecule is CCC12C=CCN3CCc4c(n(c5ccccc45)C(O)(OC(C)=O)C1)C32. The van der Waals surface area contributed by atoms with Gasteiger partial charge in [-0.05, 0) is 24.5 Å². The van der Waals surface area contributed by atoms with E-state index in [1.54, 1.807) is 0 Å². The van der Waals surface area contributed by atoms with Crippen molar-refractivity contribution in [1.29, 1.82) is 0 Å². The summed E-state index contributed by atoms with van der Waals surface area (Å²) in [6.45, 7) is 5.47. The van der Waals surface area contributed by atoms with Gasteiger partial charge in [-0.2, -0.15) is 0 Å². The van der Waals surface area contributed by atoms with Crippen LogP contribution in [0.25, 0.3) is 10.9 Å². The highest BCUT2D eigenvalue weighted by atomic mass is 16.7. The molecule has 0 aliphatic carbocycles. The van der Waals surface area contributed by atoms with Gasteiger partial charge in [-0.3, -0.25) is 14.3 Å². The molecule has 3 unspecified atom stereocenters. The maximum absolute atomic E-state index is 11.9. The molecular formula is C21H24N2O3. The van der Waals surface area contributed by atoms with Crippen LogP contribution >= 0.6 is 0 Å². The standard InChI is InChI=1S/C21H24N2O3/c1-3-20-10-6-11-22-12-9-16-15-7-4-5-8-17(15)23(18(16)19(20)22)21(25,13-20)26-14(2)24/h4-8,10,19,25H,3,9,11-13H2,1-2H3. The highest BCUT2D eigenvalue weighted by Gasteiger charge is 2.57. The zero-order valence-corrected chi connectivity index (χ0v) is 15.2. The first-order valence-electron chi connectivity index (χ1n) is 9.45. The lowest BCUT2D eigenvalue weighted by Gasteiger charge is -2.55. The maximum atomic E-state index is 11.9. The molecule has 0 radical (unpaired) electrons. The number of ether oxygens (including phenoxy) is 1. The molecule has 0 saturated heterocycles. The van der Waals surface area contributed by atoms with Gasteiger partial charge in [0, 0.05) is 42.9 Å². The zero-order chi connectivity index (χ0) is 18.1. The summed E-state index contributed by atoms with van der Waals surface area (Å²) in [5.74, 6) is -2.12. The molecular weight excluding hydrogens is 328 g/mol. The molecule has 0 saturated carbocycles. The van der Waals surface area contributed by atoms with Crippen LogP contribution < -0.4 is 0 Å². The smallest absolute Gasteiger partial charge is 0.306 e. The number of esters is 1. The van der Waals surface area contributed by atoms with Crippen LogP contribution in [-0.2, 0) is 21.9 Å². The number of carbonyl (C=O) groups excluding carboxylic acids is 1. The summed E-state index contributed by atoms with van der Waals surface area (Å²) >= 11 is 0. The number of aliphatic hydroxyl groups is 1. The summed E-state index contributed by atoms with van der Waals surface area (Å²) in [6, 6.07) is 8.36. The molecule has 3 atom stereocenters. The van der Waals surface area contributed by atoms with Crippen LogP contribution in [-0.4, -0.2) is 33.6 Å². The van der Waals surface area contributed by atoms with Crippen LogP contribution in [0.3, 0.4) is 0 Å². The molecule has 2 aromatic rings. The van der Waals surface area contributed by atoms with Crippen molar-refractivity contribution in [3.05, 3.63) is 47.7 Å². The van der Waals surface area contributed by atoms with Crippen molar-refractivity contribution < 1.29 is 14.6 Å². The van der Waals surface area contributed by atoms with Gasteiger partial charge in [0.25, 0.3) is 5.91 Å². The van der Waals surface area contributed by atoms with E-state index < -0.39 is 11.9 Å². The first kappa shape index (κ1) is 16.1. The fraction of sp³-hybridized carbons (Fsp3) is 0.476. The second-order valence-corrected chi connectivity index (χ2v) is 7.87. The summed E-state index contributed by atoms with van der Waals surface area (Å²) in [5, 5.41) is 12.8. The molecule has 1 aromatic heterocycles. The fourth-order valence-corrected chi connectivity index (χ4v) is 5.57. The number of rotatable bonds is 2. The van der Waals surface area contributed by atoms with E-state index in [9.17, 15) is 9.90 Å². The van der Waals surface area contributed by atoms with Crippen molar-refractivity contribution in [2.24, 2.45) is 5.41 Å². The van der Waals surface area contributed by atoms with E-state index in [-0.39, 0.29) is 11.5 Å². The highest BCUT2D eigenvalue weighted by Crippen LogP contribution is 2.58. The minimum absolute atomic E-state index is 0.212. The Labute approximate surface area is 152 Å². The van der Waals surface area contributed by atoms with Gasteiger partial charge >= 0.3 is 5.97 Å². The molecule has 0 spiro atoms. The molecule has 5 rings (SSSR count). The van der Waals surface area contributed by atoms with Gasteiger partial charge in [0.2, 0.25) is 0 Å². The molecule has 3 aliphatic rings. The Morgan fingerprint density at radius 3 is 2.96 bits per heavy atom. The summed E-state index contributed by atoms with van der Waals surface area (Å²) < 4.78 is 7.49. The van der Waals surface area contributed by atoms with Crippen molar-refractivity contribution in [1.82, 2.24) is 9.47 Å².